The highest BCUT2D eigenvalue weighted by atomic mass is 32.2. The van der Waals surface area contributed by atoms with E-state index in [2.05, 4.69) is 23.6 Å². The number of nitrogens with one attached hydrogen (secondary N) is 1. The maximum atomic E-state index is 13.8. The number of likely N-dealkylation sites (tertiary alicyclic amines) is 1. The van der Waals surface area contributed by atoms with Crippen molar-refractivity contribution < 1.29 is 26.4 Å². The van der Waals surface area contributed by atoms with E-state index in [0.717, 1.165) is 36.2 Å². The molecule has 0 spiro atoms. The number of rotatable bonds is 6. The van der Waals surface area contributed by atoms with E-state index in [1.807, 2.05) is 4.90 Å². The number of ketones is 1. The molecule has 36 heavy (non-hydrogen) atoms. The second kappa shape index (κ2) is 8.54. The number of benzene rings is 1. The number of fused-ring (bicyclic) bond motifs is 6. The second-order valence-electron chi connectivity index (χ2n) is 10.9. The van der Waals surface area contributed by atoms with Gasteiger partial charge in [-0.05, 0) is 61.6 Å². The van der Waals surface area contributed by atoms with Gasteiger partial charge in [-0.2, -0.15) is 8.42 Å². The summed E-state index contributed by atoms with van der Waals surface area (Å²) in [6.45, 7) is 4.70. The Morgan fingerprint density at radius 2 is 1.89 bits per heavy atom. The summed E-state index contributed by atoms with van der Waals surface area (Å²) in [6, 6.07) is 4.02. The van der Waals surface area contributed by atoms with Gasteiger partial charge in [-0.1, -0.05) is 13.8 Å². The predicted molar refractivity (Wildman–Crippen MR) is 136 cm³/mol. The van der Waals surface area contributed by atoms with Crippen molar-refractivity contribution in [3.63, 3.8) is 0 Å². The first-order chi connectivity index (χ1) is 16.8. The van der Waals surface area contributed by atoms with Crippen LogP contribution in [0.25, 0.3) is 0 Å². The van der Waals surface area contributed by atoms with E-state index in [0.29, 0.717) is 18.4 Å². The lowest BCUT2D eigenvalue weighted by molar-refractivity contribution is -0.152. The molecule has 1 aromatic rings. The minimum atomic E-state index is -4.28. The van der Waals surface area contributed by atoms with Crippen LogP contribution in [0, 0.1) is 29.6 Å². The number of carbonyl (C=O) groups excluding carboxylic acids is 2. The van der Waals surface area contributed by atoms with Gasteiger partial charge in [-0.3, -0.25) is 13.9 Å². The van der Waals surface area contributed by atoms with Crippen molar-refractivity contribution in [1.82, 2.24) is 4.90 Å². The monoisotopic (exact) mass is 536 g/mol. The standard InChI is InChI=1S/C24H32N4O6S2/c1-13(2)9-10-28-21-15-6-5-14(11-15)19(21)22(29)20(24(28)30)23-25-17-8-7-16(27(3)35(4,31)32)12-18(17)36(33,34)26-23/h7-8,12-15,19-21H,5-6,9-11H2,1-4H3,(H,25,26)/t14-,15+,19?,20?,21?/m0/s1. The molecule has 0 aromatic heterocycles. The van der Waals surface area contributed by atoms with E-state index in [4.69, 9.17) is 0 Å². The highest BCUT2D eigenvalue weighted by Gasteiger charge is 2.60. The van der Waals surface area contributed by atoms with Crippen molar-refractivity contribution in [2.24, 2.45) is 34.0 Å². The van der Waals surface area contributed by atoms with Gasteiger partial charge in [-0.15, -0.1) is 4.40 Å². The summed E-state index contributed by atoms with van der Waals surface area (Å²) in [5.74, 6) is -1.47. The Balaban J connectivity index is 1.52. The summed E-state index contributed by atoms with van der Waals surface area (Å²) in [4.78, 5) is 29.1. The number of amidine groups is 1. The number of amides is 1. The quantitative estimate of drug-likeness (QED) is 0.550. The minimum Gasteiger partial charge on any atom is -0.341 e. The van der Waals surface area contributed by atoms with Gasteiger partial charge in [0.05, 0.1) is 17.6 Å². The zero-order valence-electron chi connectivity index (χ0n) is 20.8. The van der Waals surface area contributed by atoms with Gasteiger partial charge in [0.2, 0.25) is 15.9 Å². The number of anilines is 2. The van der Waals surface area contributed by atoms with E-state index < -0.39 is 26.0 Å². The molecule has 1 N–H and O–H groups in total. The van der Waals surface area contributed by atoms with Crippen LogP contribution in [-0.4, -0.2) is 65.2 Å². The van der Waals surface area contributed by atoms with Crippen LogP contribution in [0.2, 0.25) is 0 Å². The fourth-order valence-electron chi connectivity index (χ4n) is 6.32. The zero-order chi connectivity index (χ0) is 26.2. The molecule has 2 aliphatic carbocycles. The maximum absolute atomic E-state index is 13.8. The molecule has 2 heterocycles. The molecule has 0 radical (unpaired) electrons. The van der Waals surface area contributed by atoms with Gasteiger partial charge in [0.25, 0.3) is 10.0 Å². The van der Waals surface area contributed by atoms with Crippen LogP contribution in [0.3, 0.4) is 0 Å². The summed E-state index contributed by atoms with van der Waals surface area (Å²) in [7, 11) is -6.56. The minimum absolute atomic E-state index is 0.110. The SMILES string of the molecule is CC(C)CCN1C(=O)C(C2=NS(=O)(=O)c3cc(N(C)S(C)(=O)=O)ccc3N2)C(=O)C2C1[C@@H]1CC[C@H]2C1. The van der Waals surface area contributed by atoms with E-state index in [1.54, 1.807) is 0 Å². The fourth-order valence-corrected chi connectivity index (χ4v) is 8.00. The average Bonchev–Trinajstić information content (AvgIpc) is 3.39. The number of Topliss-reactive ketones (excluding diaryl/α,β-unsaturated/α-hetero) is 1. The van der Waals surface area contributed by atoms with Gasteiger partial charge in [0.15, 0.2) is 11.7 Å². The first-order valence-corrected chi connectivity index (χ1v) is 15.6. The summed E-state index contributed by atoms with van der Waals surface area (Å²) >= 11 is 0. The first kappa shape index (κ1) is 25.2. The number of hydrogen-bond donors (Lipinski definition) is 1. The van der Waals surface area contributed by atoms with Crippen LogP contribution in [0.1, 0.15) is 39.5 Å². The lowest BCUT2D eigenvalue weighted by Gasteiger charge is -2.46. The van der Waals surface area contributed by atoms with Gasteiger partial charge in [0.1, 0.15) is 10.7 Å². The largest absolute Gasteiger partial charge is 0.341 e. The number of hydrogen-bond acceptors (Lipinski definition) is 7. The normalized spacial score (nSPS) is 30.6. The highest BCUT2D eigenvalue weighted by Crippen LogP contribution is 2.54. The molecule has 10 nitrogen and oxygen atoms in total. The Labute approximate surface area is 212 Å². The van der Waals surface area contributed by atoms with Gasteiger partial charge < -0.3 is 10.2 Å². The maximum Gasteiger partial charge on any atom is 0.286 e. The molecule has 196 valence electrons. The third-order valence-corrected chi connectivity index (χ3v) is 10.7. The average molecular weight is 537 g/mol. The van der Waals surface area contributed by atoms with Gasteiger partial charge >= 0.3 is 0 Å². The number of carbonyl (C=O) groups is 2. The van der Waals surface area contributed by atoms with Crippen LogP contribution in [-0.2, 0) is 29.6 Å². The molecule has 1 saturated heterocycles. The Hall–Kier alpha value is -2.47. The van der Waals surface area contributed by atoms with Crippen molar-refractivity contribution in [3.05, 3.63) is 18.2 Å². The molecule has 2 saturated carbocycles. The third kappa shape index (κ3) is 4.02. The van der Waals surface area contributed by atoms with E-state index in [-0.39, 0.29) is 51.7 Å². The molecule has 5 rings (SSSR count). The molecule has 1 aromatic carbocycles. The smallest absolute Gasteiger partial charge is 0.286 e. The third-order valence-electron chi connectivity index (χ3n) is 8.18. The van der Waals surface area contributed by atoms with E-state index >= 15 is 0 Å². The van der Waals surface area contributed by atoms with Crippen molar-refractivity contribution >= 4 is 48.9 Å². The summed E-state index contributed by atoms with van der Waals surface area (Å²) in [6.07, 6.45) is 4.71. The lowest BCUT2D eigenvalue weighted by Crippen LogP contribution is -2.62. The molecule has 5 atom stereocenters. The van der Waals surface area contributed by atoms with Crippen molar-refractivity contribution in [1.29, 1.82) is 0 Å². The zero-order valence-corrected chi connectivity index (χ0v) is 22.5. The molecular weight excluding hydrogens is 504 g/mol. The van der Waals surface area contributed by atoms with Gasteiger partial charge in [-0.25, -0.2) is 8.42 Å². The fraction of sp³-hybridized carbons (Fsp3) is 0.625. The number of piperidine rings is 1. The highest BCUT2D eigenvalue weighted by molar-refractivity contribution is 7.92. The lowest BCUT2D eigenvalue weighted by atomic mass is 9.73. The van der Waals surface area contributed by atoms with Crippen LogP contribution < -0.4 is 9.62 Å². The Bertz CT molecular complexity index is 1370. The van der Waals surface area contributed by atoms with Crippen molar-refractivity contribution in [3.8, 4) is 0 Å². The first-order valence-electron chi connectivity index (χ1n) is 12.3. The van der Waals surface area contributed by atoms with Gasteiger partial charge in [0, 0.05) is 25.6 Å². The van der Waals surface area contributed by atoms with E-state index in [9.17, 15) is 26.4 Å². The topological polar surface area (TPSA) is 133 Å². The molecular formula is C24H32N4O6S2. The van der Waals surface area contributed by atoms with Crippen LogP contribution in [0.4, 0.5) is 11.4 Å². The van der Waals surface area contributed by atoms with Crippen molar-refractivity contribution in [2.75, 3.05) is 29.5 Å². The molecule has 3 fully saturated rings. The molecule has 2 bridgehead atoms. The summed E-state index contributed by atoms with van der Waals surface area (Å²) in [5, 5.41) is 2.93. The molecule has 2 aliphatic heterocycles. The number of sulfonamides is 2. The van der Waals surface area contributed by atoms with E-state index in [1.165, 1.54) is 25.2 Å². The molecule has 4 aliphatic rings. The van der Waals surface area contributed by atoms with Crippen LogP contribution >= 0.6 is 0 Å². The Morgan fingerprint density at radius 1 is 1.19 bits per heavy atom. The van der Waals surface area contributed by atoms with Crippen LogP contribution in [0.5, 0.6) is 0 Å². The summed E-state index contributed by atoms with van der Waals surface area (Å²) in [5.41, 5.74) is 0.324. The molecule has 1 amide bonds. The Morgan fingerprint density at radius 3 is 2.56 bits per heavy atom. The Kier molecular flexibility index (Phi) is 5.98. The molecule has 12 heteroatoms. The number of nitrogens with zero attached hydrogens (tertiary/aromatic N) is 3. The molecule has 3 unspecified atom stereocenters. The van der Waals surface area contributed by atoms with Crippen LogP contribution in [0.15, 0.2) is 27.5 Å². The second-order valence-corrected chi connectivity index (χ2v) is 14.5. The summed E-state index contributed by atoms with van der Waals surface area (Å²) < 4.78 is 55.1. The van der Waals surface area contributed by atoms with Crippen molar-refractivity contribution in [2.45, 2.75) is 50.5 Å². The predicted octanol–water partition coefficient (Wildman–Crippen LogP) is 2.08.